The maximum atomic E-state index is 4.50. The Morgan fingerprint density at radius 3 is 2.81 bits per heavy atom. The summed E-state index contributed by atoms with van der Waals surface area (Å²) in [6.45, 7) is 5.24. The van der Waals surface area contributed by atoms with Crippen LogP contribution in [0.25, 0.3) is 0 Å². The zero-order valence-corrected chi connectivity index (χ0v) is 13.6. The number of pyridine rings is 1. The first kappa shape index (κ1) is 14.7. The van der Waals surface area contributed by atoms with E-state index in [4.69, 9.17) is 0 Å². The summed E-state index contributed by atoms with van der Waals surface area (Å²) in [6, 6.07) is 6.77. The molecule has 0 saturated heterocycles. The van der Waals surface area contributed by atoms with Crippen molar-refractivity contribution in [2.45, 2.75) is 45.6 Å². The molecule has 0 bridgehead atoms. The Morgan fingerprint density at radius 1 is 1.33 bits per heavy atom. The van der Waals surface area contributed by atoms with Gasteiger partial charge in [-0.2, -0.15) is 0 Å². The predicted molar refractivity (Wildman–Crippen MR) is 87.7 cm³/mol. The van der Waals surface area contributed by atoms with Crippen molar-refractivity contribution >= 4 is 11.3 Å². The number of hydrogen-bond donors (Lipinski definition) is 1. The average Bonchev–Trinajstić information content (AvgIpc) is 3.26. The third-order valence-corrected chi connectivity index (χ3v) is 5.24. The summed E-state index contributed by atoms with van der Waals surface area (Å²) in [4.78, 5) is 10.4. The van der Waals surface area contributed by atoms with E-state index in [1.807, 2.05) is 23.6 Å². The van der Waals surface area contributed by atoms with E-state index in [2.05, 4.69) is 41.3 Å². The van der Waals surface area contributed by atoms with Gasteiger partial charge in [0.1, 0.15) is 0 Å². The standard InChI is InChI=1S/C17H23N3S/c1-12-17(21-13(2)20-12)8-10-19-16(14-6-7-14)11-15-5-3-4-9-18-15/h3-5,9,14,16,19H,6-8,10-11H2,1-2H3/t16-/m1/s1. The van der Waals surface area contributed by atoms with Crippen LogP contribution in [0.2, 0.25) is 0 Å². The number of nitrogens with one attached hydrogen (secondary N) is 1. The molecule has 4 heteroatoms. The van der Waals surface area contributed by atoms with Crippen molar-refractivity contribution < 1.29 is 0 Å². The minimum atomic E-state index is 0.578. The van der Waals surface area contributed by atoms with Crippen LogP contribution in [0.3, 0.4) is 0 Å². The molecule has 1 saturated carbocycles. The van der Waals surface area contributed by atoms with Gasteiger partial charge in [0.05, 0.1) is 10.7 Å². The maximum absolute atomic E-state index is 4.50. The Bertz CT molecular complexity index is 575. The predicted octanol–water partition coefficient (Wildman–Crippen LogP) is 3.31. The highest BCUT2D eigenvalue weighted by Gasteiger charge is 2.31. The first-order chi connectivity index (χ1) is 10.2. The van der Waals surface area contributed by atoms with Crippen molar-refractivity contribution in [2.24, 2.45) is 5.92 Å². The topological polar surface area (TPSA) is 37.8 Å². The summed E-state index contributed by atoms with van der Waals surface area (Å²) in [6.07, 6.45) is 6.75. The Hall–Kier alpha value is -1.26. The molecule has 2 aromatic rings. The molecule has 2 aromatic heterocycles. The molecule has 21 heavy (non-hydrogen) atoms. The smallest absolute Gasteiger partial charge is 0.0900 e. The van der Waals surface area contributed by atoms with E-state index < -0.39 is 0 Å². The lowest BCUT2D eigenvalue weighted by atomic mass is 10.1. The number of nitrogens with zero attached hydrogens (tertiary/aromatic N) is 2. The van der Waals surface area contributed by atoms with Gasteiger partial charge in [-0.1, -0.05) is 6.07 Å². The first-order valence-corrected chi connectivity index (χ1v) is 8.60. The van der Waals surface area contributed by atoms with Crippen LogP contribution in [0.4, 0.5) is 0 Å². The van der Waals surface area contributed by atoms with Crippen molar-refractivity contribution in [2.75, 3.05) is 6.54 Å². The van der Waals surface area contributed by atoms with E-state index in [1.165, 1.54) is 34.1 Å². The molecule has 0 unspecified atom stereocenters. The summed E-state index contributed by atoms with van der Waals surface area (Å²) in [7, 11) is 0. The molecule has 0 radical (unpaired) electrons. The summed E-state index contributed by atoms with van der Waals surface area (Å²) in [5.41, 5.74) is 2.40. The summed E-state index contributed by atoms with van der Waals surface area (Å²) < 4.78 is 0. The molecular weight excluding hydrogens is 278 g/mol. The lowest BCUT2D eigenvalue weighted by molar-refractivity contribution is 0.459. The largest absolute Gasteiger partial charge is 0.313 e. The molecule has 1 aliphatic carbocycles. The highest BCUT2D eigenvalue weighted by Crippen LogP contribution is 2.34. The monoisotopic (exact) mass is 301 g/mol. The molecule has 1 aliphatic rings. The van der Waals surface area contributed by atoms with Gasteiger partial charge in [-0.15, -0.1) is 11.3 Å². The fraction of sp³-hybridized carbons (Fsp3) is 0.529. The second-order valence-corrected chi connectivity index (χ2v) is 7.20. The van der Waals surface area contributed by atoms with Gasteiger partial charge in [-0.05, 0) is 51.2 Å². The van der Waals surface area contributed by atoms with Crippen molar-refractivity contribution in [3.8, 4) is 0 Å². The molecule has 1 atom stereocenters. The molecule has 0 aliphatic heterocycles. The highest BCUT2D eigenvalue weighted by atomic mass is 32.1. The minimum Gasteiger partial charge on any atom is -0.313 e. The third kappa shape index (κ3) is 4.11. The van der Waals surface area contributed by atoms with Crippen LogP contribution in [-0.2, 0) is 12.8 Å². The number of hydrogen-bond acceptors (Lipinski definition) is 4. The summed E-state index contributed by atoms with van der Waals surface area (Å²) in [5.74, 6) is 0.844. The van der Waals surface area contributed by atoms with Crippen molar-refractivity contribution in [3.05, 3.63) is 45.7 Å². The quantitative estimate of drug-likeness (QED) is 0.852. The SMILES string of the molecule is Cc1nc(C)c(CCN[C@H](Cc2ccccn2)C2CC2)s1. The second-order valence-electron chi connectivity index (χ2n) is 5.91. The van der Waals surface area contributed by atoms with E-state index >= 15 is 0 Å². The van der Waals surface area contributed by atoms with Crippen molar-refractivity contribution in [3.63, 3.8) is 0 Å². The van der Waals surface area contributed by atoms with Gasteiger partial charge in [0.25, 0.3) is 0 Å². The molecule has 0 aromatic carbocycles. The molecule has 1 N–H and O–H groups in total. The fourth-order valence-corrected chi connectivity index (χ4v) is 3.76. The lowest BCUT2D eigenvalue weighted by Crippen LogP contribution is -2.34. The highest BCUT2D eigenvalue weighted by molar-refractivity contribution is 7.11. The van der Waals surface area contributed by atoms with Crippen LogP contribution < -0.4 is 5.32 Å². The van der Waals surface area contributed by atoms with Gasteiger partial charge < -0.3 is 5.32 Å². The third-order valence-electron chi connectivity index (χ3n) is 4.10. The Balaban J connectivity index is 1.53. The molecule has 112 valence electrons. The maximum Gasteiger partial charge on any atom is 0.0900 e. The van der Waals surface area contributed by atoms with Gasteiger partial charge in [-0.3, -0.25) is 4.98 Å². The number of thiazole rings is 1. The van der Waals surface area contributed by atoms with Crippen LogP contribution in [0.5, 0.6) is 0 Å². The Morgan fingerprint density at radius 2 is 2.19 bits per heavy atom. The molecule has 0 amide bonds. The minimum absolute atomic E-state index is 0.578. The molecular formula is C17H23N3S. The van der Waals surface area contributed by atoms with Gasteiger partial charge in [-0.25, -0.2) is 4.98 Å². The molecule has 0 spiro atoms. The Labute approximate surface area is 130 Å². The number of aryl methyl sites for hydroxylation is 2. The van der Waals surface area contributed by atoms with Gasteiger partial charge >= 0.3 is 0 Å². The normalized spacial score (nSPS) is 16.1. The summed E-state index contributed by atoms with van der Waals surface area (Å²) >= 11 is 1.83. The van der Waals surface area contributed by atoms with Crippen molar-refractivity contribution in [1.82, 2.24) is 15.3 Å². The van der Waals surface area contributed by atoms with E-state index in [0.29, 0.717) is 6.04 Å². The first-order valence-electron chi connectivity index (χ1n) is 7.78. The van der Waals surface area contributed by atoms with Gasteiger partial charge in [0.15, 0.2) is 0 Å². The molecule has 2 heterocycles. The van der Waals surface area contributed by atoms with Crippen LogP contribution in [0.15, 0.2) is 24.4 Å². The fourth-order valence-electron chi connectivity index (χ4n) is 2.82. The van der Waals surface area contributed by atoms with E-state index in [-0.39, 0.29) is 0 Å². The van der Waals surface area contributed by atoms with Crippen LogP contribution >= 0.6 is 11.3 Å². The van der Waals surface area contributed by atoms with Crippen molar-refractivity contribution in [1.29, 1.82) is 0 Å². The Kier molecular flexibility index (Phi) is 4.66. The molecule has 3 rings (SSSR count). The number of aromatic nitrogens is 2. The second kappa shape index (κ2) is 6.67. The van der Waals surface area contributed by atoms with E-state index in [9.17, 15) is 0 Å². The van der Waals surface area contributed by atoms with Gasteiger partial charge in [0, 0.05) is 35.8 Å². The summed E-state index contributed by atoms with van der Waals surface area (Å²) in [5, 5.41) is 4.93. The van der Waals surface area contributed by atoms with E-state index in [1.54, 1.807) is 0 Å². The van der Waals surface area contributed by atoms with Crippen LogP contribution in [-0.4, -0.2) is 22.6 Å². The van der Waals surface area contributed by atoms with Gasteiger partial charge in [0.2, 0.25) is 0 Å². The number of rotatable bonds is 7. The lowest BCUT2D eigenvalue weighted by Gasteiger charge is -2.17. The van der Waals surface area contributed by atoms with E-state index in [0.717, 1.165) is 25.3 Å². The zero-order valence-electron chi connectivity index (χ0n) is 12.8. The zero-order chi connectivity index (χ0) is 14.7. The average molecular weight is 301 g/mol. The molecule has 1 fully saturated rings. The van der Waals surface area contributed by atoms with Crippen LogP contribution in [0.1, 0.15) is 34.1 Å². The molecule has 3 nitrogen and oxygen atoms in total. The van der Waals surface area contributed by atoms with Crippen LogP contribution in [0, 0.1) is 19.8 Å².